The number of hydrogen-bond donors (Lipinski definition) is 2. The summed E-state index contributed by atoms with van der Waals surface area (Å²) in [4.78, 5) is 33.8. The van der Waals surface area contributed by atoms with Crippen LogP contribution in [0.25, 0.3) is 0 Å². The summed E-state index contributed by atoms with van der Waals surface area (Å²) in [7, 11) is 8.61. The number of carbonyl (C=O) groups excluding carboxylic acids is 2. The minimum atomic E-state index is -0.465. The van der Waals surface area contributed by atoms with Crippen molar-refractivity contribution in [1.82, 2.24) is 9.80 Å². The minimum Gasteiger partial charge on any atom is -0.410 e. The number of anilines is 4. The third kappa shape index (κ3) is 6.48. The lowest BCUT2D eigenvalue weighted by atomic mass is 9.98. The highest BCUT2D eigenvalue weighted by molar-refractivity contribution is 5.88. The van der Waals surface area contributed by atoms with E-state index in [1.165, 1.54) is 22.5 Å². The van der Waals surface area contributed by atoms with Crippen molar-refractivity contribution in [2.75, 3.05) is 61.7 Å². The number of aryl methyl sites for hydroxylation is 1. The standard InChI is InChI=1S/C21H25N3O2.C19H21N3O2.2H2/c1-4-14-7-5-6-8-18(14)22-21(25)26-15-9-10-19-17(13-15)16-11-12-23(2)20(16)24(19)3;1-21-11-10-15-16-12-14(8-9-17(16)22(2)18(15)21)24-19(23)20-13-6-4-3-5-7-13;;/h5-10,13,16,20H,4,11-12H2,1-3H3,(H,22,25);3-9,12,15,18H,10-11H2,1-2H3,(H,20,23);2*1H. The van der Waals surface area contributed by atoms with E-state index in [2.05, 4.69) is 71.4 Å². The maximum atomic E-state index is 12.3. The van der Waals surface area contributed by atoms with Crippen LogP contribution in [0.4, 0.5) is 32.3 Å². The van der Waals surface area contributed by atoms with Gasteiger partial charge in [0.25, 0.3) is 0 Å². The lowest BCUT2D eigenvalue weighted by molar-refractivity contribution is 0.214. The molecule has 8 rings (SSSR count). The molecule has 0 aromatic heterocycles. The molecule has 264 valence electrons. The normalized spacial score (nSPS) is 21.8. The number of nitrogens with zero attached hydrogens (tertiary/aromatic N) is 4. The first kappa shape index (κ1) is 33.4. The Labute approximate surface area is 297 Å². The highest BCUT2D eigenvalue weighted by Crippen LogP contribution is 2.48. The summed E-state index contributed by atoms with van der Waals surface area (Å²) >= 11 is 0. The summed E-state index contributed by atoms with van der Waals surface area (Å²) in [5.41, 5.74) is 7.64. The summed E-state index contributed by atoms with van der Waals surface area (Å²) in [5, 5.41) is 5.60. The molecule has 2 fully saturated rings. The van der Waals surface area contributed by atoms with Gasteiger partial charge in [0.1, 0.15) is 11.5 Å². The largest absolute Gasteiger partial charge is 0.417 e. The van der Waals surface area contributed by atoms with E-state index in [-0.39, 0.29) is 2.85 Å². The summed E-state index contributed by atoms with van der Waals surface area (Å²) in [5.74, 6) is 2.15. The maximum Gasteiger partial charge on any atom is 0.417 e. The fourth-order valence-corrected chi connectivity index (χ4v) is 8.30. The lowest BCUT2D eigenvalue weighted by Crippen LogP contribution is -2.39. The van der Waals surface area contributed by atoms with Crippen LogP contribution in [0.1, 0.15) is 51.1 Å². The first-order valence-electron chi connectivity index (χ1n) is 17.5. The van der Waals surface area contributed by atoms with Crippen molar-refractivity contribution < 1.29 is 21.9 Å². The second kappa shape index (κ2) is 14.0. The molecule has 10 nitrogen and oxygen atoms in total. The minimum absolute atomic E-state index is 0. The van der Waals surface area contributed by atoms with Crippen molar-refractivity contribution >= 4 is 34.9 Å². The van der Waals surface area contributed by atoms with Gasteiger partial charge in [0.15, 0.2) is 0 Å². The lowest BCUT2D eigenvalue weighted by Gasteiger charge is -2.28. The van der Waals surface area contributed by atoms with Crippen LogP contribution in [-0.2, 0) is 6.42 Å². The number of fused-ring (bicyclic) bond motifs is 6. The molecular weight excluding hydrogens is 628 g/mol. The van der Waals surface area contributed by atoms with Crippen LogP contribution < -0.4 is 29.9 Å². The van der Waals surface area contributed by atoms with Crippen LogP contribution in [-0.4, -0.2) is 75.6 Å². The number of para-hydroxylation sites is 2. The van der Waals surface area contributed by atoms with Gasteiger partial charge in [-0.25, -0.2) is 9.59 Å². The fourth-order valence-electron chi connectivity index (χ4n) is 8.30. The van der Waals surface area contributed by atoms with E-state index in [1.54, 1.807) is 0 Å². The molecule has 0 saturated carbocycles. The number of carbonyl (C=O) groups is 2. The summed E-state index contributed by atoms with van der Waals surface area (Å²) in [6.45, 7) is 4.26. The van der Waals surface area contributed by atoms with E-state index in [9.17, 15) is 9.59 Å². The number of benzene rings is 4. The Balaban J connectivity index is 0.000000194. The number of ether oxygens (including phenoxy) is 2. The topological polar surface area (TPSA) is 89.6 Å². The average Bonchev–Trinajstić information content (AvgIpc) is 3.84. The molecule has 4 atom stereocenters. The molecule has 0 radical (unpaired) electrons. The number of hydrogen-bond acceptors (Lipinski definition) is 8. The van der Waals surface area contributed by atoms with Crippen molar-refractivity contribution in [3.05, 3.63) is 108 Å². The van der Waals surface area contributed by atoms with Gasteiger partial charge in [0.2, 0.25) is 0 Å². The first-order valence-corrected chi connectivity index (χ1v) is 17.5. The van der Waals surface area contributed by atoms with Crippen LogP contribution >= 0.6 is 0 Å². The van der Waals surface area contributed by atoms with Crippen LogP contribution in [0.15, 0.2) is 91.0 Å². The van der Waals surface area contributed by atoms with Gasteiger partial charge in [-0.1, -0.05) is 43.3 Å². The van der Waals surface area contributed by atoms with Crippen molar-refractivity contribution in [3.8, 4) is 11.5 Å². The quantitative estimate of drug-likeness (QED) is 0.219. The number of rotatable bonds is 5. The molecule has 0 aliphatic carbocycles. The third-order valence-corrected chi connectivity index (χ3v) is 10.6. The number of nitrogens with one attached hydrogen (secondary N) is 2. The molecule has 2 amide bonds. The van der Waals surface area contributed by atoms with E-state index >= 15 is 0 Å². The number of likely N-dealkylation sites (tertiary alicyclic amines) is 2. The van der Waals surface area contributed by atoms with Gasteiger partial charge in [-0.2, -0.15) is 0 Å². The third-order valence-electron chi connectivity index (χ3n) is 10.6. The molecule has 4 aliphatic heterocycles. The Morgan fingerprint density at radius 2 is 1.18 bits per heavy atom. The Morgan fingerprint density at radius 3 is 1.72 bits per heavy atom. The van der Waals surface area contributed by atoms with Crippen molar-refractivity contribution in [2.24, 2.45) is 0 Å². The summed E-state index contributed by atoms with van der Waals surface area (Å²) < 4.78 is 11.0. The van der Waals surface area contributed by atoms with E-state index < -0.39 is 12.2 Å². The zero-order valence-electron chi connectivity index (χ0n) is 29.4. The average molecular weight is 679 g/mol. The second-order valence-electron chi connectivity index (χ2n) is 13.6. The maximum absolute atomic E-state index is 12.3. The van der Waals surface area contributed by atoms with E-state index in [0.29, 0.717) is 35.7 Å². The van der Waals surface area contributed by atoms with Crippen molar-refractivity contribution in [1.29, 1.82) is 0 Å². The second-order valence-corrected chi connectivity index (χ2v) is 13.6. The van der Waals surface area contributed by atoms with Crippen molar-refractivity contribution in [2.45, 2.75) is 50.4 Å². The van der Waals surface area contributed by atoms with Gasteiger partial charge in [-0.05, 0) is 105 Å². The molecule has 4 aromatic rings. The molecule has 2 saturated heterocycles. The molecular formula is C40H50N6O4. The molecule has 0 spiro atoms. The molecule has 4 aromatic carbocycles. The zero-order valence-corrected chi connectivity index (χ0v) is 29.4. The van der Waals surface area contributed by atoms with Crippen LogP contribution in [0, 0.1) is 0 Å². The smallest absolute Gasteiger partial charge is 0.410 e. The predicted octanol–water partition coefficient (Wildman–Crippen LogP) is 8.04. The molecule has 4 aliphatic rings. The molecule has 4 unspecified atom stereocenters. The van der Waals surface area contributed by atoms with E-state index in [4.69, 9.17) is 9.47 Å². The van der Waals surface area contributed by atoms with Crippen molar-refractivity contribution in [3.63, 3.8) is 0 Å². The Morgan fingerprint density at radius 1 is 0.680 bits per heavy atom. The Hall–Kier alpha value is -5.06. The summed E-state index contributed by atoms with van der Waals surface area (Å²) in [6.07, 6.45) is 3.04. The molecule has 50 heavy (non-hydrogen) atoms. The van der Waals surface area contributed by atoms with Crippen LogP contribution in [0.2, 0.25) is 0 Å². The summed E-state index contributed by atoms with van der Waals surface area (Å²) in [6, 6.07) is 29.0. The molecule has 0 bridgehead atoms. The van der Waals surface area contributed by atoms with Gasteiger partial charge in [-0.3, -0.25) is 20.4 Å². The van der Waals surface area contributed by atoms with Gasteiger partial charge in [-0.15, -0.1) is 0 Å². The van der Waals surface area contributed by atoms with Gasteiger partial charge in [0.05, 0.1) is 12.3 Å². The van der Waals surface area contributed by atoms with Gasteiger partial charge in [0, 0.05) is 64.6 Å². The molecule has 4 heterocycles. The monoisotopic (exact) mass is 678 g/mol. The molecule has 10 heteroatoms. The zero-order chi connectivity index (χ0) is 34.9. The SMILES string of the molecule is CCc1ccccc1NC(=O)Oc1ccc2c(c1)C1CCN(C)C1N2C.CN1CCC2c3cc(OC(=O)Nc4ccccc4)ccc3N(C)C21.[HH].[HH]. The fraction of sp³-hybridized carbons (Fsp3) is 0.350. The number of likely N-dealkylation sites (N-methyl/N-ethyl adjacent to an activating group) is 4. The molecule has 2 N–H and O–H groups in total. The predicted molar refractivity (Wildman–Crippen MR) is 203 cm³/mol. The number of amides is 2. The Kier molecular flexibility index (Phi) is 9.40. The van der Waals surface area contributed by atoms with Crippen LogP contribution in [0.5, 0.6) is 11.5 Å². The first-order chi connectivity index (χ1) is 24.2. The van der Waals surface area contributed by atoms with Crippen LogP contribution in [0.3, 0.4) is 0 Å². The van der Waals surface area contributed by atoms with Gasteiger partial charge < -0.3 is 19.3 Å². The van der Waals surface area contributed by atoms with Gasteiger partial charge >= 0.3 is 12.2 Å². The highest BCUT2D eigenvalue weighted by Gasteiger charge is 2.44. The Bertz CT molecular complexity index is 1880. The van der Waals surface area contributed by atoms with E-state index in [1.807, 2.05) is 84.9 Å². The van der Waals surface area contributed by atoms with E-state index in [0.717, 1.165) is 49.3 Å². The highest BCUT2D eigenvalue weighted by atomic mass is 16.6.